The molecule has 14 heteroatoms. The van der Waals surface area contributed by atoms with E-state index in [2.05, 4.69) is 16.0 Å². The number of methoxy groups -OCH3 is 2. The fourth-order valence-electron chi connectivity index (χ4n) is 8.07. The lowest BCUT2D eigenvalue weighted by atomic mass is 9.89. The monoisotopic (exact) mass is 789 g/mol. The molecule has 56 heavy (non-hydrogen) atoms. The van der Waals surface area contributed by atoms with Crippen molar-refractivity contribution in [2.45, 2.75) is 123 Å². The van der Waals surface area contributed by atoms with Gasteiger partial charge in [0.05, 0.1) is 42.7 Å². The summed E-state index contributed by atoms with van der Waals surface area (Å²) in [5, 5.41) is 18.8. The number of carbonyl (C=O) groups excluding carboxylic acids is 4. The van der Waals surface area contributed by atoms with Crippen LogP contribution in [0.5, 0.6) is 0 Å². The van der Waals surface area contributed by atoms with Gasteiger partial charge in [0.25, 0.3) is 0 Å². The Labute approximate surface area is 335 Å². The van der Waals surface area contributed by atoms with Crippen molar-refractivity contribution < 1.29 is 38.6 Å². The minimum Gasteiger partial charge on any atom is -0.480 e. The Balaban J connectivity index is 2.28. The van der Waals surface area contributed by atoms with Crippen LogP contribution >= 0.6 is 0 Å². The molecule has 14 nitrogen and oxygen atoms in total. The number of nitrogens with one attached hydrogen (secondary N) is 3. The molecule has 1 fully saturated rings. The zero-order valence-electron chi connectivity index (χ0n) is 36.0. The first kappa shape index (κ1) is 48.6. The molecule has 1 aromatic carbocycles. The number of carboxylic acid groups (broad SMARTS) is 1. The maximum absolute atomic E-state index is 14.4. The molecular weight excluding hydrogens is 716 g/mol. The lowest BCUT2D eigenvalue weighted by Crippen LogP contribution is -2.60. The lowest BCUT2D eigenvalue weighted by molar-refractivity contribution is -0.148. The van der Waals surface area contributed by atoms with Crippen LogP contribution in [-0.4, -0.2) is 147 Å². The zero-order valence-corrected chi connectivity index (χ0v) is 36.0. The third-order valence-electron chi connectivity index (χ3n) is 11.5. The van der Waals surface area contributed by atoms with E-state index >= 15 is 0 Å². The molecule has 0 aromatic heterocycles. The Kier molecular flexibility index (Phi) is 20.5. The van der Waals surface area contributed by atoms with Crippen LogP contribution in [0.15, 0.2) is 30.3 Å². The van der Waals surface area contributed by atoms with Crippen LogP contribution in [0.3, 0.4) is 0 Å². The number of aliphatic carboxylic acids is 1. The van der Waals surface area contributed by atoms with Crippen molar-refractivity contribution in [1.82, 2.24) is 30.7 Å². The van der Waals surface area contributed by atoms with Crippen LogP contribution in [-0.2, 0) is 39.9 Å². The molecule has 0 bridgehead atoms. The molecule has 2 rings (SSSR count). The van der Waals surface area contributed by atoms with Crippen molar-refractivity contribution in [3.8, 4) is 0 Å². The minimum absolute atomic E-state index is 0.0139. The average Bonchev–Trinajstić information content (AvgIpc) is 3.65. The fraction of sp³-hybridized carbons (Fsp3) is 0.738. The third-order valence-corrected chi connectivity index (χ3v) is 11.5. The molecule has 0 aliphatic carbocycles. The number of carboxylic acids is 1. The van der Waals surface area contributed by atoms with Crippen molar-refractivity contribution in [2.24, 2.45) is 23.7 Å². The summed E-state index contributed by atoms with van der Waals surface area (Å²) in [5.41, 5.74) is 0.785. The predicted octanol–water partition coefficient (Wildman–Crippen LogP) is 3.04. The molecule has 1 aliphatic rings. The van der Waals surface area contributed by atoms with E-state index in [0.717, 1.165) is 12.1 Å². The molecule has 1 heterocycles. The van der Waals surface area contributed by atoms with Gasteiger partial charge in [0.1, 0.15) is 12.1 Å². The summed E-state index contributed by atoms with van der Waals surface area (Å²) in [6.45, 7) is 15.4. The molecule has 0 radical (unpaired) electrons. The minimum atomic E-state index is -1.14. The van der Waals surface area contributed by atoms with Crippen LogP contribution in [0.25, 0.3) is 0 Å². The molecule has 0 unspecified atom stereocenters. The highest BCUT2D eigenvalue weighted by Crippen LogP contribution is 2.30. The number of ether oxygens (including phenoxy) is 2. The normalized spacial score (nSPS) is 18.8. The highest BCUT2D eigenvalue weighted by atomic mass is 16.5. The SMILES string of the molecule is CC[C@H](C)[C@@H]([C@@H](CC(=O)N1CCC[C@H]1[C@H](OC)[C@@H](C)C(=O)N[C@@H](Cc1ccccc1)C(=O)O)OC)N(C)C(=O)[C@@H](NC(=O)[C@H](C(C)C)N(C)CCNC)C(C)C. The summed E-state index contributed by atoms with van der Waals surface area (Å²) >= 11 is 0. The van der Waals surface area contributed by atoms with E-state index in [-0.39, 0.29) is 48.3 Å². The van der Waals surface area contributed by atoms with E-state index in [1.807, 2.05) is 90.9 Å². The maximum Gasteiger partial charge on any atom is 0.326 e. The highest BCUT2D eigenvalue weighted by Gasteiger charge is 2.43. The number of amides is 4. The highest BCUT2D eigenvalue weighted by molar-refractivity contribution is 5.90. The van der Waals surface area contributed by atoms with Gasteiger partial charge in [0, 0.05) is 47.3 Å². The van der Waals surface area contributed by atoms with Crippen LogP contribution in [0.4, 0.5) is 0 Å². The molecule has 1 aliphatic heterocycles. The second-order valence-corrected chi connectivity index (χ2v) is 16.2. The fourth-order valence-corrected chi connectivity index (χ4v) is 8.07. The first-order valence-corrected chi connectivity index (χ1v) is 20.3. The molecule has 0 saturated carbocycles. The Morgan fingerprint density at radius 3 is 2.09 bits per heavy atom. The summed E-state index contributed by atoms with van der Waals surface area (Å²) in [4.78, 5) is 73.4. The Morgan fingerprint density at radius 2 is 1.57 bits per heavy atom. The van der Waals surface area contributed by atoms with Gasteiger partial charge in [-0.15, -0.1) is 0 Å². The van der Waals surface area contributed by atoms with Gasteiger partial charge in [-0.3, -0.25) is 24.1 Å². The predicted molar refractivity (Wildman–Crippen MR) is 218 cm³/mol. The van der Waals surface area contributed by atoms with Crippen LogP contribution in [0.2, 0.25) is 0 Å². The van der Waals surface area contributed by atoms with E-state index in [1.54, 1.807) is 30.9 Å². The number of likely N-dealkylation sites (N-methyl/N-ethyl adjacent to an activating group) is 3. The molecule has 4 N–H and O–H groups in total. The van der Waals surface area contributed by atoms with Crippen molar-refractivity contribution in [3.63, 3.8) is 0 Å². The quantitative estimate of drug-likeness (QED) is 0.122. The number of hydrogen-bond acceptors (Lipinski definition) is 9. The summed E-state index contributed by atoms with van der Waals surface area (Å²) in [6.07, 6.45) is 0.791. The van der Waals surface area contributed by atoms with Crippen molar-refractivity contribution in [3.05, 3.63) is 35.9 Å². The number of hydrogen-bond donors (Lipinski definition) is 4. The van der Waals surface area contributed by atoms with E-state index in [9.17, 15) is 29.1 Å². The van der Waals surface area contributed by atoms with E-state index in [1.165, 1.54) is 7.11 Å². The standard InChI is InChI=1S/C42H72N6O8/c1-13-28(6)37(47(10)41(52)35(26(2)3)45-40(51)36(27(4)5)46(9)23-21-43-8)33(55-11)25-34(49)48-22-17-20-32(48)38(56-12)29(7)39(50)44-31(42(53)54)24-30-18-15-14-16-19-30/h14-16,18-19,26-29,31-33,35-38,43H,13,17,20-25H2,1-12H3,(H,44,50)(H,45,51)(H,53,54)/t28-,29+,31-,32-,33+,35-,36-,37-,38+/m0/s1. The molecular formula is C42H72N6O8. The van der Waals surface area contributed by atoms with Gasteiger partial charge in [-0.25, -0.2) is 4.79 Å². The lowest BCUT2D eigenvalue weighted by Gasteiger charge is -2.41. The van der Waals surface area contributed by atoms with Crippen molar-refractivity contribution in [1.29, 1.82) is 0 Å². The average molecular weight is 789 g/mol. The van der Waals surface area contributed by atoms with Crippen LogP contribution < -0.4 is 16.0 Å². The van der Waals surface area contributed by atoms with Gasteiger partial charge in [0.2, 0.25) is 23.6 Å². The van der Waals surface area contributed by atoms with E-state index < -0.39 is 60.2 Å². The first-order valence-electron chi connectivity index (χ1n) is 20.3. The Morgan fingerprint density at radius 1 is 0.929 bits per heavy atom. The summed E-state index contributed by atoms with van der Waals surface area (Å²) in [5.74, 6) is -3.25. The summed E-state index contributed by atoms with van der Waals surface area (Å²) < 4.78 is 11.9. The summed E-state index contributed by atoms with van der Waals surface area (Å²) in [6, 6.07) is 5.84. The van der Waals surface area contributed by atoms with Crippen molar-refractivity contribution in [2.75, 3.05) is 55.0 Å². The maximum atomic E-state index is 14.4. The largest absolute Gasteiger partial charge is 0.480 e. The second-order valence-electron chi connectivity index (χ2n) is 16.2. The number of benzene rings is 1. The van der Waals surface area contributed by atoms with Gasteiger partial charge in [0.15, 0.2) is 0 Å². The zero-order chi connectivity index (χ0) is 42.3. The summed E-state index contributed by atoms with van der Waals surface area (Å²) in [7, 11) is 8.54. The van der Waals surface area contributed by atoms with Gasteiger partial charge in [-0.05, 0) is 50.3 Å². The van der Waals surface area contributed by atoms with Crippen LogP contribution in [0, 0.1) is 23.7 Å². The number of carbonyl (C=O) groups is 5. The number of rotatable bonds is 24. The van der Waals surface area contributed by atoms with Gasteiger partial charge >= 0.3 is 5.97 Å². The molecule has 318 valence electrons. The first-order chi connectivity index (χ1) is 26.4. The topological polar surface area (TPSA) is 170 Å². The third kappa shape index (κ3) is 13.2. The van der Waals surface area contributed by atoms with E-state index in [0.29, 0.717) is 32.4 Å². The molecule has 1 saturated heterocycles. The van der Waals surface area contributed by atoms with Gasteiger partial charge in [-0.1, -0.05) is 85.2 Å². The smallest absolute Gasteiger partial charge is 0.326 e. The van der Waals surface area contributed by atoms with Crippen LogP contribution in [0.1, 0.15) is 79.7 Å². The number of nitrogens with zero attached hydrogens (tertiary/aromatic N) is 3. The van der Waals surface area contributed by atoms with Gasteiger partial charge in [-0.2, -0.15) is 0 Å². The Hall–Kier alpha value is -3.59. The molecule has 9 atom stereocenters. The second kappa shape index (κ2) is 23.6. The Bertz CT molecular complexity index is 1400. The molecule has 1 aromatic rings. The number of likely N-dealkylation sites (tertiary alicyclic amines) is 1. The van der Waals surface area contributed by atoms with E-state index in [4.69, 9.17) is 9.47 Å². The molecule has 0 spiro atoms. The molecule has 4 amide bonds. The van der Waals surface area contributed by atoms with Gasteiger partial charge < -0.3 is 40.3 Å². The van der Waals surface area contributed by atoms with Crippen molar-refractivity contribution >= 4 is 29.6 Å².